The van der Waals surface area contributed by atoms with Crippen LogP contribution in [0.3, 0.4) is 0 Å². The molecule has 6 rings (SSSR count). The predicted molar refractivity (Wildman–Crippen MR) is 121 cm³/mol. The number of amides is 1. The van der Waals surface area contributed by atoms with E-state index >= 15 is 0 Å². The van der Waals surface area contributed by atoms with Crippen molar-refractivity contribution in [3.05, 3.63) is 65.2 Å². The minimum atomic E-state index is 0.179. The average Bonchev–Trinajstić information content (AvgIpc) is 3.66. The minimum Gasteiger partial charge on any atom is -0.378 e. The summed E-state index contributed by atoms with van der Waals surface area (Å²) in [4.78, 5) is 15.1. The first-order chi connectivity index (χ1) is 14.7. The Labute approximate surface area is 179 Å². The molecule has 3 heteroatoms. The van der Waals surface area contributed by atoms with Gasteiger partial charge in [0.25, 0.3) is 5.91 Å². The van der Waals surface area contributed by atoms with Crippen LogP contribution in [-0.4, -0.2) is 23.9 Å². The summed E-state index contributed by atoms with van der Waals surface area (Å²) in [6.45, 7) is 5.66. The fourth-order valence-electron chi connectivity index (χ4n) is 7.53. The number of anilines is 1. The monoisotopic (exact) mass is 400 g/mol. The molecule has 0 aromatic heterocycles. The van der Waals surface area contributed by atoms with Crippen molar-refractivity contribution in [2.75, 3.05) is 18.4 Å². The first kappa shape index (κ1) is 18.5. The Hall–Kier alpha value is -2.29. The van der Waals surface area contributed by atoms with Crippen LogP contribution in [0.5, 0.6) is 0 Å². The molecule has 3 aliphatic carbocycles. The number of nitrogens with zero attached hydrogens (tertiary/aromatic N) is 1. The Bertz CT molecular complexity index is 997. The number of fused-ring (bicyclic) bond motifs is 1. The lowest BCUT2D eigenvalue weighted by Crippen LogP contribution is -2.42. The molecule has 156 valence electrons. The second-order valence-electron chi connectivity index (χ2n) is 9.90. The summed E-state index contributed by atoms with van der Waals surface area (Å²) in [7, 11) is 0. The third kappa shape index (κ3) is 2.19. The number of benzene rings is 2. The molecule has 3 nitrogen and oxygen atoms in total. The van der Waals surface area contributed by atoms with Crippen molar-refractivity contribution in [1.82, 2.24) is 4.90 Å². The van der Waals surface area contributed by atoms with Crippen molar-refractivity contribution in [3.8, 4) is 0 Å². The highest BCUT2D eigenvalue weighted by Crippen LogP contribution is 2.94. The van der Waals surface area contributed by atoms with Crippen LogP contribution >= 0.6 is 0 Å². The lowest BCUT2D eigenvalue weighted by Gasteiger charge is -2.46. The molecule has 1 amide bonds. The Kier molecular flexibility index (Phi) is 3.91. The van der Waals surface area contributed by atoms with Crippen molar-refractivity contribution in [3.63, 3.8) is 0 Å². The van der Waals surface area contributed by atoms with Gasteiger partial charge in [-0.3, -0.25) is 4.79 Å². The van der Waals surface area contributed by atoms with E-state index in [1.54, 1.807) is 0 Å². The van der Waals surface area contributed by atoms with Crippen LogP contribution in [0.4, 0.5) is 5.69 Å². The van der Waals surface area contributed by atoms with Gasteiger partial charge in [-0.2, -0.15) is 0 Å². The Morgan fingerprint density at radius 1 is 1.10 bits per heavy atom. The first-order valence-corrected chi connectivity index (χ1v) is 11.9. The third-order valence-corrected chi connectivity index (χ3v) is 8.97. The zero-order valence-corrected chi connectivity index (χ0v) is 18.2. The highest BCUT2D eigenvalue weighted by atomic mass is 16.2. The van der Waals surface area contributed by atoms with Crippen LogP contribution in [-0.2, 0) is 5.41 Å². The SMILES string of the molecule is CCN(CC)C(=O)c1ccc2c(c1)C13C4CC41CCCC[C@H]3C(c1ccccc1)N2. The van der Waals surface area contributed by atoms with Crippen LogP contribution in [0, 0.1) is 17.3 Å². The van der Waals surface area contributed by atoms with E-state index in [0.29, 0.717) is 22.8 Å². The summed E-state index contributed by atoms with van der Waals surface area (Å²) in [5.74, 6) is 1.64. The molecule has 0 saturated heterocycles. The van der Waals surface area contributed by atoms with Crippen LogP contribution in [0.2, 0.25) is 0 Å². The van der Waals surface area contributed by atoms with Crippen LogP contribution in [0.1, 0.15) is 73.5 Å². The third-order valence-electron chi connectivity index (χ3n) is 8.97. The van der Waals surface area contributed by atoms with Crippen molar-refractivity contribution in [2.45, 2.75) is 57.4 Å². The number of rotatable bonds is 4. The van der Waals surface area contributed by atoms with Crippen LogP contribution in [0.25, 0.3) is 0 Å². The van der Waals surface area contributed by atoms with Gasteiger partial charge < -0.3 is 10.2 Å². The molecule has 1 N–H and O–H groups in total. The van der Waals surface area contributed by atoms with E-state index in [1.807, 2.05) is 11.0 Å². The van der Waals surface area contributed by atoms with Crippen molar-refractivity contribution >= 4 is 11.6 Å². The van der Waals surface area contributed by atoms with Crippen molar-refractivity contribution in [2.24, 2.45) is 17.3 Å². The number of hydrogen-bond acceptors (Lipinski definition) is 2. The van der Waals surface area contributed by atoms with Crippen molar-refractivity contribution in [1.29, 1.82) is 0 Å². The Morgan fingerprint density at radius 3 is 2.63 bits per heavy atom. The summed E-state index contributed by atoms with van der Waals surface area (Å²) in [5.41, 5.74) is 5.83. The molecule has 2 spiro atoms. The van der Waals surface area contributed by atoms with E-state index in [0.717, 1.165) is 24.6 Å². The zero-order valence-electron chi connectivity index (χ0n) is 18.2. The molecule has 1 heterocycles. The van der Waals surface area contributed by atoms with E-state index in [-0.39, 0.29) is 5.91 Å². The van der Waals surface area contributed by atoms with E-state index < -0.39 is 0 Å². The molecular weight excluding hydrogens is 368 g/mol. The standard InChI is InChI=1S/C27H32N2O/c1-3-29(4-2)25(30)19-13-14-22-21(16-19)27-20(12-8-9-15-26(27)17-23(26)27)24(28-22)18-10-6-5-7-11-18/h5-7,10-11,13-14,16,20,23-24,28H,3-4,8-9,12,15,17H2,1-2H3/t20-,23?,24?,26?,27?/m0/s1. The van der Waals surface area contributed by atoms with E-state index in [4.69, 9.17) is 0 Å². The quantitative estimate of drug-likeness (QED) is 0.705. The molecular formula is C27H32N2O. The summed E-state index contributed by atoms with van der Waals surface area (Å²) in [5, 5.41) is 3.93. The summed E-state index contributed by atoms with van der Waals surface area (Å²) >= 11 is 0. The minimum absolute atomic E-state index is 0.179. The highest BCUT2D eigenvalue weighted by Gasteiger charge is 2.91. The maximum Gasteiger partial charge on any atom is 0.253 e. The van der Waals surface area contributed by atoms with Crippen molar-refractivity contribution < 1.29 is 4.79 Å². The van der Waals surface area contributed by atoms with E-state index in [9.17, 15) is 4.79 Å². The van der Waals surface area contributed by atoms with Gasteiger partial charge >= 0.3 is 0 Å². The zero-order chi connectivity index (χ0) is 20.5. The number of carbonyl (C=O) groups is 1. The summed E-state index contributed by atoms with van der Waals surface area (Å²) in [6, 6.07) is 17.9. The predicted octanol–water partition coefficient (Wildman–Crippen LogP) is 5.78. The topological polar surface area (TPSA) is 32.3 Å². The highest BCUT2D eigenvalue weighted by molar-refractivity contribution is 5.95. The maximum atomic E-state index is 13.1. The molecule has 1 aliphatic heterocycles. The smallest absolute Gasteiger partial charge is 0.253 e. The second kappa shape index (κ2) is 6.35. The van der Waals surface area contributed by atoms with Crippen LogP contribution < -0.4 is 5.32 Å². The molecule has 3 fully saturated rings. The summed E-state index contributed by atoms with van der Waals surface area (Å²) in [6.07, 6.45) is 6.77. The van der Waals surface area contributed by atoms with Crippen LogP contribution in [0.15, 0.2) is 48.5 Å². The lowest BCUT2D eigenvalue weighted by atomic mass is 9.63. The number of hydrogen-bond donors (Lipinski definition) is 1. The molecule has 4 unspecified atom stereocenters. The molecule has 30 heavy (non-hydrogen) atoms. The van der Waals surface area contributed by atoms with Gasteiger partial charge in [-0.1, -0.05) is 43.2 Å². The molecule has 3 saturated carbocycles. The first-order valence-electron chi connectivity index (χ1n) is 11.9. The molecule has 2 aromatic carbocycles. The maximum absolute atomic E-state index is 13.1. The van der Waals surface area contributed by atoms with Gasteiger partial charge in [0.15, 0.2) is 0 Å². The number of nitrogens with one attached hydrogen (secondary N) is 1. The Balaban J connectivity index is 1.48. The Morgan fingerprint density at radius 2 is 1.90 bits per heavy atom. The normalized spacial score (nSPS) is 34.9. The van der Waals surface area contributed by atoms with Gasteiger partial charge in [-0.15, -0.1) is 0 Å². The summed E-state index contributed by atoms with van der Waals surface area (Å²) < 4.78 is 0. The van der Waals surface area contributed by atoms with Gasteiger partial charge in [0.1, 0.15) is 0 Å². The molecule has 0 bridgehead atoms. The van der Waals surface area contributed by atoms with E-state index in [2.05, 4.69) is 61.6 Å². The van der Waals surface area contributed by atoms with Gasteiger partial charge in [0.05, 0.1) is 6.04 Å². The van der Waals surface area contributed by atoms with Gasteiger partial charge in [0.2, 0.25) is 0 Å². The van der Waals surface area contributed by atoms with Gasteiger partial charge in [-0.05, 0) is 79.7 Å². The van der Waals surface area contributed by atoms with Gasteiger partial charge in [-0.25, -0.2) is 0 Å². The molecule has 5 atom stereocenters. The lowest BCUT2D eigenvalue weighted by molar-refractivity contribution is 0.0772. The largest absolute Gasteiger partial charge is 0.378 e. The fraction of sp³-hybridized carbons (Fsp3) is 0.519. The fourth-order valence-corrected chi connectivity index (χ4v) is 7.53. The molecule has 4 aliphatic rings. The molecule has 0 radical (unpaired) electrons. The number of carbonyl (C=O) groups excluding carboxylic acids is 1. The second-order valence-corrected chi connectivity index (χ2v) is 9.90. The van der Waals surface area contributed by atoms with Gasteiger partial charge in [0, 0.05) is 29.8 Å². The molecule has 2 aromatic rings. The average molecular weight is 401 g/mol. The van der Waals surface area contributed by atoms with E-state index in [1.165, 1.54) is 48.9 Å².